The van der Waals surface area contributed by atoms with E-state index in [4.69, 9.17) is 9.90 Å². The van der Waals surface area contributed by atoms with Crippen LogP contribution in [0.4, 0.5) is 0 Å². The first-order valence-electron chi connectivity index (χ1n) is 0.928. The summed E-state index contributed by atoms with van der Waals surface area (Å²) in [7, 11) is 0. The number of hydrogen-bond acceptors (Lipinski definition) is 1. The average Bonchev–Trinajstić information content (AvgIpc) is 0.811. The Kier molecular flexibility index (Phi) is 24.6. The van der Waals surface area contributed by atoms with E-state index in [0.29, 0.717) is 0 Å². The summed E-state index contributed by atoms with van der Waals surface area (Å²) in [5.74, 6) is -0.833. The van der Waals surface area contributed by atoms with Gasteiger partial charge in [0.25, 0.3) is 5.97 Å². The second-order valence-electron chi connectivity index (χ2n) is 0.519. The van der Waals surface area contributed by atoms with Crippen LogP contribution in [0, 0.1) is 7.43 Å². The fourth-order valence-electron chi connectivity index (χ4n) is 0. The molecule has 0 unspecified atom stereocenters. The Balaban J connectivity index is -0.0000000450. The molecule has 0 bridgehead atoms. The van der Waals surface area contributed by atoms with Gasteiger partial charge in [-0.1, -0.05) is 0 Å². The van der Waals surface area contributed by atoms with Crippen LogP contribution in [-0.4, -0.2) is 11.1 Å². The van der Waals surface area contributed by atoms with Gasteiger partial charge < -0.3 is 5.11 Å². The summed E-state index contributed by atoms with van der Waals surface area (Å²) in [6.45, 7) is 1.08. The smallest absolute Gasteiger partial charge is 0.300 e. The van der Waals surface area contributed by atoms with Crippen molar-refractivity contribution in [3.05, 3.63) is 7.43 Å². The van der Waals surface area contributed by atoms with Gasteiger partial charge in [-0.25, -0.2) is 0 Å². The van der Waals surface area contributed by atoms with Crippen molar-refractivity contribution >= 4 is 5.97 Å². The van der Waals surface area contributed by atoms with E-state index in [-0.39, 0.29) is 29.8 Å². The van der Waals surface area contributed by atoms with Crippen molar-refractivity contribution in [1.82, 2.24) is 0 Å². The van der Waals surface area contributed by atoms with Crippen LogP contribution in [0.15, 0.2) is 0 Å². The molecule has 0 rings (SSSR count). The van der Waals surface area contributed by atoms with E-state index in [1.165, 1.54) is 0 Å². The number of carbonyl (C=O) groups is 1. The van der Waals surface area contributed by atoms with Crippen molar-refractivity contribution in [2.24, 2.45) is 0 Å². The molecule has 0 spiro atoms. The fraction of sp³-hybridized carbons (Fsp3) is 0.333. The Morgan fingerprint density at radius 2 is 1.67 bits per heavy atom. The zero-order chi connectivity index (χ0) is 3.58. The van der Waals surface area contributed by atoms with Gasteiger partial charge in [-0.15, -0.1) is 0 Å². The van der Waals surface area contributed by atoms with Gasteiger partial charge in [0.1, 0.15) is 0 Å². The molecule has 6 heavy (non-hydrogen) atoms. The van der Waals surface area contributed by atoms with Crippen molar-refractivity contribution in [3.63, 3.8) is 0 Å². The third-order valence-electron chi connectivity index (χ3n) is 0. The van der Waals surface area contributed by atoms with E-state index in [1.807, 2.05) is 0 Å². The van der Waals surface area contributed by atoms with Crippen LogP contribution >= 0.6 is 0 Å². The SMILES string of the molecule is CC(=O)O.[Ag].[CH3+]. The third kappa shape index (κ3) is 6010. The summed E-state index contributed by atoms with van der Waals surface area (Å²) in [5, 5.41) is 7.42. The van der Waals surface area contributed by atoms with E-state index in [0.717, 1.165) is 6.92 Å². The fourth-order valence-corrected chi connectivity index (χ4v) is 0. The molecule has 0 saturated carbocycles. The van der Waals surface area contributed by atoms with Crippen molar-refractivity contribution in [3.8, 4) is 0 Å². The van der Waals surface area contributed by atoms with Gasteiger partial charge in [-0.05, 0) is 0 Å². The topological polar surface area (TPSA) is 37.3 Å². The molecule has 0 fully saturated rings. The van der Waals surface area contributed by atoms with Gasteiger partial charge in [-0.2, -0.15) is 0 Å². The predicted octanol–water partition coefficient (Wildman–Crippen LogP) is 0.539. The van der Waals surface area contributed by atoms with Crippen LogP contribution in [0.5, 0.6) is 0 Å². The minimum absolute atomic E-state index is 0. The molecule has 0 saturated heterocycles. The second kappa shape index (κ2) is 8.91. The van der Waals surface area contributed by atoms with Crippen LogP contribution in [-0.2, 0) is 27.2 Å². The van der Waals surface area contributed by atoms with Crippen LogP contribution in [0.2, 0.25) is 0 Å². The quantitative estimate of drug-likeness (QED) is 0.439. The minimum atomic E-state index is -0.833. The van der Waals surface area contributed by atoms with E-state index < -0.39 is 5.97 Å². The molecule has 1 radical (unpaired) electrons. The number of carboxylic acids is 1. The van der Waals surface area contributed by atoms with Gasteiger partial charge in [-0.3, -0.25) is 4.79 Å². The molecule has 3 heteroatoms. The maximum Gasteiger partial charge on any atom is 0.300 e. The van der Waals surface area contributed by atoms with E-state index in [9.17, 15) is 0 Å². The number of carboxylic acid groups (broad SMARTS) is 1. The summed E-state index contributed by atoms with van der Waals surface area (Å²) >= 11 is 0. The Hall–Kier alpha value is 0.0803. The normalized spacial score (nSPS) is 4.17. The molecule has 0 amide bonds. The molecular formula is C3H7AgO2+. The third-order valence-corrected chi connectivity index (χ3v) is 0. The zero-order valence-corrected chi connectivity index (χ0v) is 5.14. The van der Waals surface area contributed by atoms with Gasteiger partial charge in [0.05, 0.1) is 0 Å². The van der Waals surface area contributed by atoms with Gasteiger partial charge >= 0.3 is 0 Å². The summed E-state index contributed by atoms with van der Waals surface area (Å²) < 4.78 is 0. The first-order valence-corrected chi connectivity index (χ1v) is 0.928. The summed E-state index contributed by atoms with van der Waals surface area (Å²) in [5.41, 5.74) is 0. The van der Waals surface area contributed by atoms with Crippen LogP contribution in [0.25, 0.3) is 0 Å². The van der Waals surface area contributed by atoms with Gasteiger partial charge in [0.2, 0.25) is 0 Å². The number of hydrogen-bond donors (Lipinski definition) is 1. The van der Waals surface area contributed by atoms with E-state index in [2.05, 4.69) is 0 Å². The molecule has 0 aliphatic heterocycles. The van der Waals surface area contributed by atoms with E-state index in [1.54, 1.807) is 0 Å². The monoisotopic (exact) mass is 182 g/mol. The Morgan fingerprint density at radius 1 is 1.67 bits per heavy atom. The Labute approximate surface area is 53.1 Å². The zero-order valence-electron chi connectivity index (χ0n) is 3.66. The van der Waals surface area contributed by atoms with Gasteiger partial charge in [0.15, 0.2) is 0 Å². The van der Waals surface area contributed by atoms with Crippen LogP contribution in [0.3, 0.4) is 0 Å². The van der Waals surface area contributed by atoms with Crippen molar-refractivity contribution in [2.45, 2.75) is 6.92 Å². The van der Waals surface area contributed by atoms with Gasteiger partial charge in [0, 0.05) is 36.7 Å². The summed E-state index contributed by atoms with van der Waals surface area (Å²) in [6, 6.07) is 0. The molecule has 0 aromatic carbocycles. The summed E-state index contributed by atoms with van der Waals surface area (Å²) in [4.78, 5) is 9.00. The Morgan fingerprint density at radius 3 is 1.67 bits per heavy atom. The molecule has 1 N–H and O–H groups in total. The van der Waals surface area contributed by atoms with Crippen molar-refractivity contribution < 1.29 is 32.3 Å². The molecule has 0 aromatic heterocycles. The minimum Gasteiger partial charge on any atom is -0.481 e. The second-order valence-corrected chi connectivity index (χ2v) is 0.519. The van der Waals surface area contributed by atoms with Crippen molar-refractivity contribution in [2.75, 3.05) is 0 Å². The molecule has 2 nitrogen and oxygen atoms in total. The number of aliphatic carboxylic acids is 1. The standard InChI is InChI=1S/C2H4O2.CH3.Ag/c1-2(3)4;;/h1H3,(H,3,4);1H3;/q;+1;. The maximum absolute atomic E-state index is 9.00. The molecule has 0 atom stereocenters. The average molecular weight is 183 g/mol. The van der Waals surface area contributed by atoms with E-state index >= 15 is 0 Å². The molecule has 0 heterocycles. The van der Waals surface area contributed by atoms with Crippen molar-refractivity contribution in [1.29, 1.82) is 0 Å². The number of rotatable bonds is 0. The largest absolute Gasteiger partial charge is 0.481 e. The first kappa shape index (κ1) is 16.5. The van der Waals surface area contributed by atoms with Crippen LogP contribution in [0.1, 0.15) is 6.92 Å². The first-order chi connectivity index (χ1) is 1.73. The molecule has 0 aliphatic rings. The molecule has 0 aromatic rings. The molecular weight excluding hydrogens is 176 g/mol. The molecule has 0 aliphatic carbocycles. The predicted molar refractivity (Wildman–Crippen MR) is 19.7 cm³/mol. The molecule has 41 valence electrons. The van der Waals surface area contributed by atoms with Crippen LogP contribution < -0.4 is 0 Å². The maximum atomic E-state index is 9.00. The Bertz CT molecular complexity index is 31.8. The summed E-state index contributed by atoms with van der Waals surface area (Å²) in [6.07, 6.45) is 0.